The molecule has 14 nitrogen and oxygen atoms in total. The van der Waals surface area contributed by atoms with Gasteiger partial charge in [-0.3, -0.25) is 0 Å². The highest BCUT2D eigenvalue weighted by atomic mass is 16.7. The predicted molar refractivity (Wildman–Crippen MR) is 314 cm³/mol. The van der Waals surface area contributed by atoms with Crippen LogP contribution in [0.2, 0.25) is 0 Å². The molecule has 81 heavy (non-hydrogen) atoms. The maximum absolute atomic E-state index is 11.7. The smallest absolute Gasteiger partial charge is 0.347 e. The van der Waals surface area contributed by atoms with Gasteiger partial charge in [0, 0.05) is 52.6 Å². The molecule has 6 atom stereocenters. The van der Waals surface area contributed by atoms with Gasteiger partial charge < -0.3 is 43.4 Å². The molecular weight excluding hydrogens is 1030 g/mol. The number of esters is 5. The molecule has 8 aliphatic carbocycles. The summed E-state index contributed by atoms with van der Waals surface area (Å²) in [5.74, 6) is 0.445. The molecule has 2 aromatic rings. The normalized spacial score (nSPS) is 27.9. The summed E-state index contributed by atoms with van der Waals surface area (Å²) < 4.78 is 37.1. The van der Waals surface area contributed by atoms with E-state index >= 15 is 0 Å². The van der Waals surface area contributed by atoms with Gasteiger partial charge >= 0.3 is 29.8 Å². The van der Waals surface area contributed by atoms with E-state index in [1.165, 1.54) is 71.1 Å². The van der Waals surface area contributed by atoms with Crippen molar-refractivity contribution in [3.63, 3.8) is 0 Å². The Bertz CT molecular complexity index is 2590. The molecule has 0 amide bonds. The zero-order valence-electron chi connectivity index (χ0n) is 49.8. The summed E-state index contributed by atoms with van der Waals surface area (Å²) in [6, 6.07) is 14.6. The Balaban J connectivity index is 0.000000180. The van der Waals surface area contributed by atoms with E-state index < -0.39 is 29.2 Å². The maximum Gasteiger partial charge on any atom is 0.347 e. The van der Waals surface area contributed by atoms with E-state index in [9.17, 15) is 29.1 Å². The van der Waals surface area contributed by atoms with Gasteiger partial charge in [0.05, 0.1) is 12.2 Å². The molecule has 2 spiro atoms. The maximum atomic E-state index is 11.7. The second kappa shape index (κ2) is 28.2. The number of aromatic hydroxyl groups is 1. The number of hydrogen-bond donors (Lipinski definition) is 2. The van der Waals surface area contributed by atoms with Crippen molar-refractivity contribution in [2.24, 2.45) is 22.7 Å². The SMILES string of the molecule is C=C(C)C(=O)OC1(C)CCCC12CC2.C=C(C)C(=O)OC1(C)CCCCC12CC2.C=C(C)C(=O)OC12CC3CC(CC(O)(C3)C1)C2.C=C(C)C(=O)OC1CCOC1=O.C=Cc1ccc(O)cc1.C=Cc1ccc(OC(C)OCC)cc1. The largest absolute Gasteiger partial charge is 0.508 e. The van der Waals surface area contributed by atoms with Crippen LogP contribution in [-0.2, 0) is 52.4 Å². The van der Waals surface area contributed by atoms with Crippen molar-refractivity contribution in [3.05, 3.63) is 121 Å². The number of ether oxygens (including phenoxy) is 7. The van der Waals surface area contributed by atoms with Crippen LogP contribution in [0.5, 0.6) is 11.5 Å². The van der Waals surface area contributed by atoms with E-state index in [0.29, 0.717) is 71.2 Å². The van der Waals surface area contributed by atoms with E-state index in [1.807, 2.05) is 50.2 Å². The van der Waals surface area contributed by atoms with Crippen molar-refractivity contribution in [3.8, 4) is 11.5 Å². The first-order chi connectivity index (χ1) is 38.1. The molecule has 0 radical (unpaired) electrons. The van der Waals surface area contributed by atoms with Gasteiger partial charge in [-0.25, -0.2) is 24.0 Å². The van der Waals surface area contributed by atoms with Gasteiger partial charge in [0.1, 0.15) is 28.3 Å². The molecular formula is C67H92O14. The first kappa shape index (κ1) is 65.6. The van der Waals surface area contributed by atoms with Crippen molar-refractivity contribution in [1.29, 1.82) is 0 Å². The highest BCUT2D eigenvalue weighted by molar-refractivity contribution is 5.90. The van der Waals surface area contributed by atoms with E-state index in [-0.39, 0.29) is 41.0 Å². The van der Waals surface area contributed by atoms with Crippen LogP contribution in [0.3, 0.4) is 0 Å². The monoisotopic (exact) mass is 1120 g/mol. The lowest BCUT2D eigenvalue weighted by Crippen LogP contribution is -2.60. The minimum absolute atomic E-state index is 0.199. The van der Waals surface area contributed by atoms with Crippen molar-refractivity contribution < 1.29 is 67.3 Å². The van der Waals surface area contributed by atoms with Gasteiger partial charge in [-0.05, 0) is 199 Å². The second-order valence-corrected chi connectivity index (χ2v) is 24.3. The summed E-state index contributed by atoms with van der Waals surface area (Å²) in [5.41, 5.74) is 3.12. The molecule has 1 saturated heterocycles. The second-order valence-electron chi connectivity index (χ2n) is 24.3. The number of rotatable bonds is 14. The molecule has 2 N–H and O–H groups in total. The van der Waals surface area contributed by atoms with Crippen LogP contribution in [0.1, 0.15) is 182 Å². The van der Waals surface area contributed by atoms with Gasteiger partial charge in [-0.2, -0.15) is 0 Å². The zero-order chi connectivity index (χ0) is 60.0. The van der Waals surface area contributed by atoms with E-state index in [0.717, 1.165) is 55.4 Å². The first-order valence-electron chi connectivity index (χ1n) is 28.9. The summed E-state index contributed by atoms with van der Waals surface area (Å²) in [4.78, 5) is 56.6. The Morgan fingerprint density at radius 3 is 1.52 bits per heavy atom. The van der Waals surface area contributed by atoms with Gasteiger partial charge in [-0.1, -0.05) is 82.3 Å². The standard InChI is InChI=1S/C14H20O3.C13H20O2.C12H18O2.C12H16O2.C8H10O4.C8H8O/c1-9(2)12(15)17-14-6-10-3-11(7-14)5-13(16,4-10)8-14;1-10(2)11(14)15-12(3)6-4-5-7-13(12)8-9-13;1-9(2)10(13)14-11(3)5-4-6-12(11)7-8-12;1-4-11-6-8-12(9-7-11)14-10(3)13-5-2;1-5(2)7(9)12-6-3-4-11-8(6)10;1-2-7-3-5-8(9)6-4-7/h10-11,16H,1,3-8H2,2H3;1,4-9H2,2-3H3;1,4-8H2,2-3H3;4,6-10H,1,5H2,2-3H3;6H,1,3-4H2,2H3;2-6,9H,1H2. The summed E-state index contributed by atoms with van der Waals surface area (Å²) in [5, 5.41) is 19.3. The van der Waals surface area contributed by atoms with Gasteiger partial charge in [0.15, 0.2) is 6.29 Å². The molecule has 0 aromatic heterocycles. The highest BCUT2D eigenvalue weighted by Crippen LogP contribution is 2.65. The van der Waals surface area contributed by atoms with Gasteiger partial charge in [0.25, 0.3) is 0 Å². The summed E-state index contributed by atoms with van der Waals surface area (Å²) >= 11 is 0. The fourth-order valence-electron chi connectivity index (χ4n) is 12.6. The minimum atomic E-state index is -0.728. The third kappa shape index (κ3) is 18.1. The quantitative estimate of drug-likeness (QED) is 0.0786. The minimum Gasteiger partial charge on any atom is -0.508 e. The molecule has 9 aliphatic rings. The van der Waals surface area contributed by atoms with Gasteiger partial charge in [-0.15, -0.1) is 0 Å². The number of aliphatic hydroxyl groups is 1. The molecule has 11 rings (SSSR count). The Morgan fingerprint density at radius 1 is 0.654 bits per heavy atom. The lowest BCUT2D eigenvalue weighted by molar-refractivity contribution is -0.217. The molecule has 9 fully saturated rings. The van der Waals surface area contributed by atoms with Crippen LogP contribution in [0.4, 0.5) is 0 Å². The van der Waals surface area contributed by atoms with Crippen molar-refractivity contribution in [2.45, 2.75) is 206 Å². The van der Waals surface area contributed by atoms with Crippen LogP contribution in [-0.4, -0.2) is 88.1 Å². The Labute approximate surface area is 482 Å². The summed E-state index contributed by atoms with van der Waals surface area (Å²) in [6.07, 6.45) is 21.6. The summed E-state index contributed by atoms with van der Waals surface area (Å²) in [6.45, 7) is 37.2. The number of hydrogen-bond acceptors (Lipinski definition) is 14. The number of carbonyl (C=O) groups is 5. The third-order valence-electron chi connectivity index (χ3n) is 17.2. The molecule has 1 heterocycles. The van der Waals surface area contributed by atoms with E-state index in [1.54, 1.807) is 45.1 Å². The first-order valence-corrected chi connectivity index (χ1v) is 28.9. The molecule has 444 valence electrons. The van der Waals surface area contributed by atoms with Crippen LogP contribution >= 0.6 is 0 Å². The molecule has 4 bridgehead atoms. The summed E-state index contributed by atoms with van der Waals surface area (Å²) in [7, 11) is 0. The van der Waals surface area contributed by atoms with E-state index in [4.69, 9.17) is 33.5 Å². The number of benzene rings is 2. The van der Waals surface area contributed by atoms with Crippen LogP contribution < -0.4 is 4.74 Å². The lowest BCUT2D eigenvalue weighted by atomic mass is 9.52. The number of phenols is 1. The number of cyclic esters (lactones) is 1. The topological polar surface area (TPSA) is 190 Å². The fraction of sp³-hybridized carbons (Fsp3) is 0.567. The molecule has 2 aromatic carbocycles. The highest BCUT2D eigenvalue weighted by Gasteiger charge is 2.62. The average Bonchev–Trinajstić information content (AvgIpc) is 4.27. The van der Waals surface area contributed by atoms with Crippen LogP contribution in [0.25, 0.3) is 12.2 Å². The van der Waals surface area contributed by atoms with Crippen LogP contribution in [0, 0.1) is 22.7 Å². The molecule has 6 unspecified atom stereocenters. The Kier molecular flexibility index (Phi) is 22.8. The Hall–Kier alpha value is -6.25. The van der Waals surface area contributed by atoms with Crippen molar-refractivity contribution >= 4 is 42.0 Å². The zero-order valence-corrected chi connectivity index (χ0v) is 49.8. The van der Waals surface area contributed by atoms with Crippen molar-refractivity contribution in [2.75, 3.05) is 13.2 Å². The number of carbonyl (C=O) groups excluding carboxylic acids is 5. The molecule has 1 aliphatic heterocycles. The predicted octanol–water partition coefficient (Wildman–Crippen LogP) is 13.8. The lowest BCUT2D eigenvalue weighted by Gasteiger charge is -2.59. The molecule has 8 saturated carbocycles. The third-order valence-corrected chi connectivity index (χ3v) is 17.2. The Morgan fingerprint density at radius 2 is 1.10 bits per heavy atom. The number of phenolic OH excluding ortho intramolecular Hbond substituents is 1. The fourth-order valence-corrected chi connectivity index (χ4v) is 12.6. The average molecular weight is 1120 g/mol. The van der Waals surface area contributed by atoms with Crippen molar-refractivity contribution in [1.82, 2.24) is 0 Å². The van der Waals surface area contributed by atoms with Gasteiger partial charge in [0.2, 0.25) is 6.10 Å². The van der Waals surface area contributed by atoms with Crippen LogP contribution in [0.15, 0.2) is 110 Å². The molecule has 14 heteroatoms. The van der Waals surface area contributed by atoms with E-state index in [2.05, 4.69) is 58.1 Å².